The summed E-state index contributed by atoms with van der Waals surface area (Å²) in [4.78, 5) is 0. The molecular weight excluding hydrogens is 292 g/mol. The Morgan fingerprint density at radius 1 is 1.05 bits per heavy atom. The van der Waals surface area contributed by atoms with Crippen molar-refractivity contribution in [2.24, 2.45) is 0 Å². The number of benzene rings is 1. The molecule has 7 heteroatoms. The van der Waals surface area contributed by atoms with Crippen molar-refractivity contribution in [3.05, 3.63) is 18.2 Å². The van der Waals surface area contributed by atoms with Gasteiger partial charge in [-0.15, -0.1) is 0 Å². The Labute approximate surface area is 126 Å². The third-order valence-corrected chi connectivity index (χ3v) is 4.26. The fourth-order valence-corrected chi connectivity index (χ4v) is 2.98. The average molecular weight is 316 g/mol. The van der Waals surface area contributed by atoms with Crippen LogP contribution < -0.4 is 19.5 Å². The van der Waals surface area contributed by atoms with E-state index in [0.717, 1.165) is 19.5 Å². The number of rotatable bonds is 10. The molecule has 0 saturated heterocycles. The largest absolute Gasteiger partial charge is 0.497 e. The summed E-state index contributed by atoms with van der Waals surface area (Å²) in [5.41, 5.74) is 0.442. The van der Waals surface area contributed by atoms with Crippen molar-refractivity contribution in [1.29, 1.82) is 0 Å². The fraction of sp³-hybridized carbons (Fsp3) is 0.571. The summed E-state index contributed by atoms with van der Waals surface area (Å²) in [6.07, 6.45) is 1.44. The lowest BCUT2D eigenvalue weighted by Gasteiger charge is -2.11. The molecule has 0 aliphatic rings. The van der Waals surface area contributed by atoms with E-state index in [0.29, 0.717) is 23.6 Å². The predicted octanol–water partition coefficient (Wildman–Crippen LogP) is 1.84. The predicted molar refractivity (Wildman–Crippen MR) is 84.7 cm³/mol. The molecule has 0 bridgehead atoms. The topological polar surface area (TPSA) is 76.7 Å². The molecule has 0 radical (unpaired) electrons. The van der Waals surface area contributed by atoms with Crippen LogP contribution in [0.4, 0.5) is 5.69 Å². The lowest BCUT2D eigenvalue weighted by atomic mass is 10.3. The third kappa shape index (κ3) is 6.68. The van der Waals surface area contributed by atoms with Crippen LogP contribution in [0.15, 0.2) is 18.2 Å². The molecule has 2 N–H and O–H groups in total. The van der Waals surface area contributed by atoms with Gasteiger partial charge in [-0.2, -0.15) is 0 Å². The highest BCUT2D eigenvalue weighted by Crippen LogP contribution is 2.26. The first-order valence-corrected chi connectivity index (χ1v) is 8.60. The number of unbranched alkanes of at least 4 members (excludes halogenated alkanes) is 1. The van der Waals surface area contributed by atoms with Crippen LogP contribution in [0.3, 0.4) is 0 Å². The molecule has 120 valence electrons. The van der Waals surface area contributed by atoms with E-state index in [9.17, 15) is 8.42 Å². The van der Waals surface area contributed by atoms with E-state index < -0.39 is 10.0 Å². The van der Waals surface area contributed by atoms with Crippen molar-refractivity contribution in [1.82, 2.24) is 5.32 Å². The second-order valence-electron chi connectivity index (χ2n) is 4.58. The highest BCUT2D eigenvalue weighted by atomic mass is 32.2. The van der Waals surface area contributed by atoms with E-state index in [1.165, 1.54) is 14.2 Å². The van der Waals surface area contributed by atoms with Gasteiger partial charge in [0.15, 0.2) is 0 Å². The van der Waals surface area contributed by atoms with E-state index in [2.05, 4.69) is 10.0 Å². The molecular formula is C14H24N2O4S. The molecule has 0 spiro atoms. The Morgan fingerprint density at radius 3 is 2.19 bits per heavy atom. The average Bonchev–Trinajstić information content (AvgIpc) is 2.46. The van der Waals surface area contributed by atoms with Gasteiger partial charge in [0, 0.05) is 18.2 Å². The van der Waals surface area contributed by atoms with E-state index in [4.69, 9.17) is 9.47 Å². The van der Waals surface area contributed by atoms with Crippen LogP contribution in [0.2, 0.25) is 0 Å². The van der Waals surface area contributed by atoms with Crippen LogP contribution in [0.5, 0.6) is 11.5 Å². The van der Waals surface area contributed by atoms with Crippen LogP contribution in [0.1, 0.15) is 19.8 Å². The quantitative estimate of drug-likeness (QED) is 0.644. The molecule has 0 saturated carbocycles. The zero-order valence-corrected chi connectivity index (χ0v) is 13.6. The van der Waals surface area contributed by atoms with Gasteiger partial charge in [0.2, 0.25) is 10.0 Å². The van der Waals surface area contributed by atoms with Gasteiger partial charge in [-0.25, -0.2) is 8.42 Å². The summed E-state index contributed by atoms with van der Waals surface area (Å²) in [5, 5.41) is 3.17. The van der Waals surface area contributed by atoms with Crippen molar-refractivity contribution >= 4 is 15.7 Å². The molecule has 0 heterocycles. The first kappa shape index (κ1) is 17.6. The Kier molecular flexibility index (Phi) is 7.31. The van der Waals surface area contributed by atoms with E-state index >= 15 is 0 Å². The standard InChI is InChI=1S/C14H24N2O4S/c1-4-15-7-5-6-8-21(17,18)16-12-9-13(19-2)11-14(10-12)20-3/h9-11,15-16H,4-8H2,1-3H3. The van der Waals surface area contributed by atoms with E-state index in [1.807, 2.05) is 6.92 Å². The number of sulfonamides is 1. The molecule has 1 aromatic carbocycles. The minimum atomic E-state index is -3.36. The molecule has 0 aliphatic heterocycles. The molecule has 0 amide bonds. The highest BCUT2D eigenvalue weighted by molar-refractivity contribution is 7.92. The van der Waals surface area contributed by atoms with Crippen LogP contribution in [0.25, 0.3) is 0 Å². The van der Waals surface area contributed by atoms with Gasteiger partial charge in [-0.1, -0.05) is 6.92 Å². The van der Waals surface area contributed by atoms with Crippen molar-refractivity contribution in [3.63, 3.8) is 0 Å². The van der Waals surface area contributed by atoms with Crippen LogP contribution >= 0.6 is 0 Å². The van der Waals surface area contributed by atoms with Gasteiger partial charge < -0.3 is 14.8 Å². The zero-order valence-electron chi connectivity index (χ0n) is 12.8. The summed E-state index contributed by atoms with van der Waals surface area (Å²) >= 11 is 0. The van der Waals surface area contributed by atoms with Crippen LogP contribution in [-0.2, 0) is 10.0 Å². The minimum absolute atomic E-state index is 0.0952. The maximum atomic E-state index is 12.0. The van der Waals surface area contributed by atoms with Gasteiger partial charge in [0.25, 0.3) is 0 Å². The number of nitrogens with one attached hydrogen (secondary N) is 2. The maximum absolute atomic E-state index is 12.0. The second kappa shape index (κ2) is 8.74. The lowest BCUT2D eigenvalue weighted by Crippen LogP contribution is -2.19. The zero-order chi connectivity index (χ0) is 15.7. The molecule has 0 unspecified atom stereocenters. The van der Waals surface area contributed by atoms with Gasteiger partial charge in [-0.3, -0.25) is 4.72 Å². The molecule has 6 nitrogen and oxygen atoms in total. The van der Waals surface area contributed by atoms with Crippen LogP contribution in [0, 0.1) is 0 Å². The van der Waals surface area contributed by atoms with Gasteiger partial charge in [0.1, 0.15) is 11.5 Å². The molecule has 21 heavy (non-hydrogen) atoms. The molecule has 1 rings (SSSR count). The number of hydrogen-bond donors (Lipinski definition) is 2. The number of ether oxygens (including phenoxy) is 2. The monoisotopic (exact) mass is 316 g/mol. The minimum Gasteiger partial charge on any atom is -0.497 e. The summed E-state index contributed by atoms with van der Waals surface area (Å²) in [7, 11) is -0.317. The van der Waals surface area contributed by atoms with Gasteiger partial charge in [-0.05, 0) is 25.9 Å². The Bertz CT molecular complexity index is 510. The summed E-state index contributed by atoms with van der Waals surface area (Å²) in [5.74, 6) is 1.18. The van der Waals surface area contributed by atoms with Crippen molar-refractivity contribution in [2.75, 3.05) is 37.8 Å². The van der Waals surface area contributed by atoms with Crippen molar-refractivity contribution < 1.29 is 17.9 Å². The Balaban J connectivity index is 2.62. The van der Waals surface area contributed by atoms with E-state index in [1.54, 1.807) is 18.2 Å². The molecule has 0 fully saturated rings. The summed E-state index contributed by atoms with van der Waals surface area (Å²) in [6, 6.07) is 4.94. The number of methoxy groups -OCH3 is 2. The van der Waals surface area contributed by atoms with Crippen molar-refractivity contribution in [3.8, 4) is 11.5 Å². The molecule has 0 aromatic heterocycles. The first-order valence-electron chi connectivity index (χ1n) is 6.95. The molecule has 0 aliphatic carbocycles. The number of hydrogen-bond acceptors (Lipinski definition) is 5. The SMILES string of the molecule is CCNCCCCS(=O)(=O)Nc1cc(OC)cc(OC)c1. The number of anilines is 1. The highest BCUT2D eigenvalue weighted by Gasteiger charge is 2.11. The fourth-order valence-electron chi connectivity index (χ4n) is 1.82. The lowest BCUT2D eigenvalue weighted by molar-refractivity contribution is 0.395. The Hall–Kier alpha value is -1.47. The normalized spacial score (nSPS) is 11.2. The van der Waals surface area contributed by atoms with Gasteiger partial charge in [0.05, 0.1) is 25.7 Å². The maximum Gasteiger partial charge on any atom is 0.232 e. The Morgan fingerprint density at radius 2 is 1.67 bits per heavy atom. The first-order chi connectivity index (χ1) is 10.0. The van der Waals surface area contributed by atoms with E-state index in [-0.39, 0.29) is 5.75 Å². The van der Waals surface area contributed by atoms with Crippen LogP contribution in [-0.4, -0.2) is 41.5 Å². The third-order valence-electron chi connectivity index (χ3n) is 2.89. The smallest absolute Gasteiger partial charge is 0.232 e. The molecule has 1 aromatic rings. The second-order valence-corrected chi connectivity index (χ2v) is 6.42. The van der Waals surface area contributed by atoms with Crippen molar-refractivity contribution in [2.45, 2.75) is 19.8 Å². The molecule has 0 atom stereocenters. The summed E-state index contributed by atoms with van der Waals surface area (Å²) < 4.78 is 36.8. The summed E-state index contributed by atoms with van der Waals surface area (Å²) in [6.45, 7) is 3.75. The van der Waals surface area contributed by atoms with Gasteiger partial charge >= 0.3 is 0 Å².